The first kappa shape index (κ1) is 22.1. The molecule has 5 rings (SSSR count). The molecule has 6 nitrogen and oxygen atoms in total. The van der Waals surface area contributed by atoms with Crippen LogP contribution in [-0.4, -0.2) is 19.3 Å². The van der Waals surface area contributed by atoms with Crippen molar-refractivity contribution in [2.45, 2.75) is 33.5 Å². The first-order chi connectivity index (χ1) is 16.1. The zero-order valence-electron chi connectivity index (χ0n) is 18.5. The van der Waals surface area contributed by atoms with E-state index in [0.29, 0.717) is 29.1 Å². The summed E-state index contributed by atoms with van der Waals surface area (Å²) in [6.07, 6.45) is -4.71. The number of hydrogen-bond donors (Lipinski definition) is 0. The summed E-state index contributed by atoms with van der Waals surface area (Å²) in [5, 5.41) is 6.16. The summed E-state index contributed by atoms with van der Waals surface area (Å²) in [6, 6.07) is 11.5. The molecule has 1 aromatic carbocycles. The highest BCUT2D eigenvalue weighted by molar-refractivity contribution is 7.13. The van der Waals surface area contributed by atoms with E-state index < -0.39 is 17.3 Å². The Morgan fingerprint density at radius 2 is 1.82 bits per heavy atom. The van der Waals surface area contributed by atoms with Crippen LogP contribution in [-0.2, 0) is 12.7 Å². The van der Waals surface area contributed by atoms with Crippen molar-refractivity contribution in [3.8, 4) is 16.5 Å². The second-order valence-corrected chi connectivity index (χ2v) is 8.96. The van der Waals surface area contributed by atoms with Crippen LogP contribution >= 0.6 is 11.3 Å². The Balaban J connectivity index is 1.76. The van der Waals surface area contributed by atoms with Crippen molar-refractivity contribution in [1.82, 2.24) is 19.3 Å². The molecule has 0 aliphatic carbocycles. The van der Waals surface area contributed by atoms with Crippen molar-refractivity contribution in [3.05, 3.63) is 86.5 Å². The highest BCUT2D eigenvalue weighted by Crippen LogP contribution is 2.36. The molecule has 0 aliphatic rings. The minimum atomic E-state index is -4.71. The van der Waals surface area contributed by atoms with E-state index in [-0.39, 0.29) is 23.3 Å². The fraction of sp³-hybridized carbons (Fsp3) is 0.208. The van der Waals surface area contributed by atoms with Crippen LogP contribution in [0.1, 0.15) is 28.3 Å². The lowest BCUT2D eigenvalue weighted by Crippen LogP contribution is -2.25. The van der Waals surface area contributed by atoms with Crippen molar-refractivity contribution < 1.29 is 17.6 Å². The zero-order valence-corrected chi connectivity index (χ0v) is 19.3. The van der Waals surface area contributed by atoms with Crippen molar-refractivity contribution >= 4 is 22.4 Å². The number of alkyl halides is 3. The van der Waals surface area contributed by atoms with Gasteiger partial charge in [-0.05, 0) is 44.4 Å². The maximum absolute atomic E-state index is 13.9. The summed E-state index contributed by atoms with van der Waals surface area (Å²) in [5.41, 5.74) is 0.427. The molecule has 0 amide bonds. The van der Waals surface area contributed by atoms with Gasteiger partial charge in [0.15, 0.2) is 0 Å². The standard InChI is InChI=1S/C24H19F3N4O2S/c1-13-6-8-16(9-7-13)31-23-21(14(2)29-31)17(24(25,26)27)11-20(32)30(23)12-18-15(3)33-22(28-18)19-5-4-10-34-19/h4-11H,12H2,1-3H3. The van der Waals surface area contributed by atoms with Gasteiger partial charge in [0.1, 0.15) is 17.1 Å². The summed E-state index contributed by atoms with van der Waals surface area (Å²) >= 11 is 1.46. The van der Waals surface area contributed by atoms with Crippen molar-refractivity contribution in [2.75, 3.05) is 0 Å². The minimum absolute atomic E-state index is 0.0567. The number of aromatic nitrogens is 4. The Morgan fingerprint density at radius 1 is 1.09 bits per heavy atom. The molecule has 10 heteroatoms. The number of benzene rings is 1. The van der Waals surface area contributed by atoms with Gasteiger partial charge in [0, 0.05) is 6.07 Å². The van der Waals surface area contributed by atoms with E-state index in [1.807, 2.05) is 36.6 Å². The summed E-state index contributed by atoms with van der Waals surface area (Å²) in [7, 11) is 0. The van der Waals surface area contributed by atoms with Gasteiger partial charge in [-0.2, -0.15) is 18.3 Å². The van der Waals surface area contributed by atoms with E-state index in [4.69, 9.17) is 4.42 Å². The summed E-state index contributed by atoms with van der Waals surface area (Å²) in [6.45, 7) is 5.07. The number of fused-ring (bicyclic) bond motifs is 1. The number of aryl methyl sites for hydroxylation is 3. The third-order valence-electron chi connectivity index (χ3n) is 5.61. The topological polar surface area (TPSA) is 65.8 Å². The van der Waals surface area contributed by atoms with E-state index in [0.717, 1.165) is 10.4 Å². The predicted molar refractivity (Wildman–Crippen MR) is 123 cm³/mol. The Morgan fingerprint density at radius 3 is 2.47 bits per heavy atom. The van der Waals surface area contributed by atoms with Gasteiger partial charge >= 0.3 is 6.18 Å². The number of nitrogens with zero attached hydrogens (tertiary/aromatic N) is 4. The Kier molecular flexibility index (Phi) is 5.20. The molecule has 34 heavy (non-hydrogen) atoms. The lowest BCUT2D eigenvalue weighted by Gasteiger charge is -2.14. The first-order valence-corrected chi connectivity index (χ1v) is 11.3. The maximum atomic E-state index is 13.9. The summed E-state index contributed by atoms with van der Waals surface area (Å²) < 4.78 is 50.2. The molecule has 0 fully saturated rings. The van der Waals surface area contributed by atoms with Crippen LogP contribution in [0, 0.1) is 20.8 Å². The lowest BCUT2D eigenvalue weighted by atomic mass is 10.1. The van der Waals surface area contributed by atoms with Gasteiger partial charge in [0.2, 0.25) is 5.89 Å². The average molecular weight is 485 g/mol. The fourth-order valence-electron chi connectivity index (χ4n) is 3.93. The minimum Gasteiger partial charge on any atom is -0.440 e. The number of hydrogen-bond acceptors (Lipinski definition) is 5. The third-order valence-corrected chi connectivity index (χ3v) is 6.47. The monoisotopic (exact) mass is 484 g/mol. The van der Waals surface area contributed by atoms with E-state index in [1.165, 1.54) is 27.5 Å². The van der Waals surface area contributed by atoms with E-state index in [2.05, 4.69) is 10.1 Å². The number of pyridine rings is 1. The van der Waals surface area contributed by atoms with Crippen LogP contribution < -0.4 is 5.56 Å². The first-order valence-electron chi connectivity index (χ1n) is 10.4. The van der Waals surface area contributed by atoms with Crippen LogP contribution in [0.4, 0.5) is 13.2 Å². The molecule has 174 valence electrons. The molecule has 0 saturated carbocycles. The molecule has 5 aromatic rings. The smallest absolute Gasteiger partial charge is 0.417 e. The van der Waals surface area contributed by atoms with Gasteiger partial charge in [-0.3, -0.25) is 9.36 Å². The van der Waals surface area contributed by atoms with Crippen LogP contribution in [0.15, 0.2) is 57.1 Å². The fourth-order valence-corrected chi connectivity index (χ4v) is 4.58. The van der Waals surface area contributed by atoms with Crippen LogP contribution in [0.2, 0.25) is 0 Å². The van der Waals surface area contributed by atoms with Crippen LogP contribution in [0.25, 0.3) is 27.5 Å². The lowest BCUT2D eigenvalue weighted by molar-refractivity contribution is -0.136. The third kappa shape index (κ3) is 3.73. The second kappa shape index (κ2) is 7.98. The Bertz CT molecular complexity index is 1560. The number of thiophene rings is 1. The summed E-state index contributed by atoms with van der Waals surface area (Å²) in [4.78, 5) is 18.4. The molecular formula is C24H19F3N4O2S. The van der Waals surface area contributed by atoms with Gasteiger partial charge in [-0.1, -0.05) is 23.8 Å². The molecule has 0 aliphatic heterocycles. The van der Waals surface area contributed by atoms with E-state index in [9.17, 15) is 18.0 Å². The van der Waals surface area contributed by atoms with E-state index >= 15 is 0 Å². The normalized spacial score (nSPS) is 12.1. The average Bonchev–Trinajstić information content (AvgIpc) is 3.50. The molecule has 0 atom stereocenters. The Hall–Kier alpha value is -3.66. The molecule has 0 N–H and O–H groups in total. The van der Waals surface area contributed by atoms with Crippen LogP contribution in [0.3, 0.4) is 0 Å². The van der Waals surface area contributed by atoms with Gasteiger partial charge in [-0.25, -0.2) is 9.67 Å². The number of oxazole rings is 1. The predicted octanol–water partition coefficient (Wildman–Crippen LogP) is 5.90. The van der Waals surface area contributed by atoms with Gasteiger partial charge in [-0.15, -0.1) is 11.3 Å². The largest absolute Gasteiger partial charge is 0.440 e. The van der Waals surface area contributed by atoms with Crippen LogP contribution in [0.5, 0.6) is 0 Å². The Labute approximate surface area is 195 Å². The maximum Gasteiger partial charge on any atom is 0.417 e. The SMILES string of the molecule is Cc1ccc(-n2nc(C)c3c(C(F)(F)F)cc(=O)n(Cc4nc(-c5cccs5)oc4C)c32)cc1. The molecule has 4 aromatic heterocycles. The van der Waals surface area contributed by atoms with Crippen molar-refractivity contribution in [3.63, 3.8) is 0 Å². The molecule has 0 spiro atoms. The van der Waals surface area contributed by atoms with Crippen molar-refractivity contribution in [1.29, 1.82) is 0 Å². The molecule has 0 saturated heterocycles. The molecule has 0 bridgehead atoms. The molecule has 0 radical (unpaired) electrons. The molecule has 0 unspecified atom stereocenters. The summed E-state index contributed by atoms with van der Waals surface area (Å²) in [5.74, 6) is 0.892. The second-order valence-electron chi connectivity index (χ2n) is 8.01. The molecular weight excluding hydrogens is 465 g/mol. The van der Waals surface area contributed by atoms with Gasteiger partial charge in [0.05, 0.1) is 33.8 Å². The zero-order chi connectivity index (χ0) is 24.2. The van der Waals surface area contributed by atoms with Crippen molar-refractivity contribution in [2.24, 2.45) is 0 Å². The van der Waals surface area contributed by atoms with Gasteiger partial charge in [0.25, 0.3) is 5.56 Å². The number of halogens is 3. The quantitative estimate of drug-likeness (QED) is 0.319. The molecule has 4 heterocycles. The van der Waals surface area contributed by atoms with Gasteiger partial charge < -0.3 is 4.42 Å². The van der Waals surface area contributed by atoms with E-state index in [1.54, 1.807) is 19.1 Å². The highest BCUT2D eigenvalue weighted by atomic mass is 32.1. The number of rotatable bonds is 4. The highest BCUT2D eigenvalue weighted by Gasteiger charge is 2.36.